The Balaban J connectivity index is 1.55. The molecule has 1 aromatic carbocycles. The van der Waals surface area contributed by atoms with Crippen LogP contribution < -0.4 is 5.32 Å². The molecular formula is C14H18BrNO2. The van der Waals surface area contributed by atoms with Gasteiger partial charge in [0, 0.05) is 29.0 Å². The van der Waals surface area contributed by atoms with E-state index in [1.54, 1.807) is 0 Å². The van der Waals surface area contributed by atoms with Crippen molar-refractivity contribution in [1.29, 1.82) is 0 Å². The first-order valence-corrected chi connectivity index (χ1v) is 7.35. The van der Waals surface area contributed by atoms with E-state index in [-0.39, 0.29) is 5.79 Å². The molecule has 98 valence electrons. The van der Waals surface area contributed by atoms with Gasteiger partial charge in [0.2, 0.25) is 0 Å². The molecule has 3 rings (SSSR count). The second kappa shape index (κ2) is 5.19. The minimum Gasteiger partial charge on any atom is -0.382 e. The Kier molecular flexibility index (Phi) is 3.59. The zero-order valence-electron chi connectivity index (χ0n) is 10.3. The first-order valence-electron chi connectivity index (χ1n) is 6.56. The van der Waals surface area contributed by atoms with Gasteiger partial charge in [0.25, 0.3) is 0 Å². The van der Waals surface area contributed by atoms with Crippen molar-refractivity contribution in [1.82, 2.24) is 0 Å². The first-order chi connectivity index (χ1) is 8.76. The standard InChI is InChI=1S/C14H18BrNO2/c15-11-1-3-12(4-2-11)16-13-5-7-14(8-6-13)17-9-10-18-14/h1-4,13,16H,5-10H2. The van der Waals surface area contributed by atoms with E-state index in [1.165, 1.54) is 5.69 Å². The average Bonchev–Trinajstić information content (AvgIpc) is 2.84. The van der Waals surface area contributed by atoms with E-state index in [9.17, 15) is 0 Å². The fraction of sp³-hybridized carbons (Fsp3) is 0.571. The zero-order chi connectivity index (χ0) is 12.4. The van der Waals surface area contributed by atoms with E-state index in [4.69, 9.17) is 9.47 Å². The van der Waals surface area contributed by atoms with Crippen LogP contribution in [0, 0.1) is 0 Å². The van der Waals surface area contributed by atoms with Crippen molar-refractivity contribution in [2.45, 2.75) is 37.5 Å². The molecule has 1 aromatic rings. The SMILES string of the molecule is Brc1ccc(NC2CCC3(CC2)OCCO3)cc1. The molecule has 1 spiro atoms. The van der Waals surface area contributed by atoms with Crippen LogP contribution in [0.4, 0.5) is 5.69 Å². The van der Waals surface area contributed by atoms with E-state index in [1.807, 2.05) is 0 Å². The topological polar surface area (TPSA) is 30.5 Å². The van der Waals surface area contributed by atoms with E-state index in [0.717, 1.165) is 43.4 Å². The molecular weight excluding hydrogens is 294 g/mol. The molecule has 0 atom stereocenters. The average molecular weight is 312 g/mol. The van der Waals surface area contributed by atoms with Crippen LogP contribution in [0.15, 0.2) is 28.7 Å². The van der Waals surface area contributed by atoms with Crippen molar-refractivity contribution in [2.75, 3.05) is 18.5 Å². The van der Waals surface area contributed by atoms with Crippen molar-refractivity contribution >= 4 is 21.6 Å². The van der Waals surface area contributed by atoms with E-state index < -0.39 is 0 Å². The number of hydrogen-bond acceptors (Lipinski definition) is 3. The molecule has 3 nitrogen and oxygen atoms in total. The predicted molar refractivity (Wildman–Crippen MR) is 74.7 cm³/mol. The molecule has 1 heterocycles. The van der Waals surface area contributed by atoms with Gasteiger partial charge in [0.1, 0.15) is 0 Å². The van der Waals surface area contributed by atoms with Gasteiger partial charge >= 0.3 is 0 Å². The van der Waals surface area contributed by atoms with Crippen molar-refractivity contribution in [3.05, 3.63) is 28.7 Å². The highest BCUT2D eigenvalue weighted by Gasteiger charge is 2.40. The molecule has 0 aromatic heterocycles. The number of halogens is 1. The Morgan fingerprint density at radius 2 is 1.67 bits per heavy atom. The molecule has 4 heteroatoms. The molecule has 0 radical (unpaired) electrons. The summed E-state index contributed by atoms with van der Waals surface area (Å²) in [6.45, 7) is 1.51. The lowest BCUT2D eigenvalue weighted by atomic mass is 9.90. The lowest BCUT2D eigenvalue weighted by molar-refractivity contribution is -0.177. The summed E-state index contributed by atoms with van der Waals surface area (Å²) in [5.74, 6) is -0.252. The number of rotatable bonds is 2. The fourth-order valence-corrected chi connectivity index (χ4v) is 3.03. The van der Waals surface area contributed by atoms with Crippen LogP contribution in [0.3, 0.4) is 0 Å². The van der Waals surface area contributed by atoms with Gasteiger partial charge in [-0.15, -0.1) is 0 Å². The first kappa shape index (κ1) is 12.5. The number of ether oxygens (including phenoxy) is 2. The monoisotopic (exact) mass is 311 g/mol. The maximum absolute atomic E-state index is 5.74. The fourth-order valence-electron chi connectivity index (χ4n) is 2.77. The Morgan fingerprint density at radius 3 is 2.28 bits per heavy atom. The number of nitrogens with one attached hydrogen (secondary N) is 1. The van der Waals surface area contributed by atoms with Crippen molar-refractivity contribution in [3.63, 3.8) is 0 Å². The Labute approximate surface area is 116 Å². The second-order valence-electron chi connectivity index (χ2n) is 5.03. The summed E-state index contributed by atoms with van der Waals surface area (Å²) in [6.07, 6.45) is 4.22. The van der Waals surface area contributed by atoms with E-state index >= 15 is 0 Å². The lowest BCUT2D eigenvalue weighted by Gasteiger charge is -2.36. The molecule has 2 fully saturated rings. The lowest BCUT2D eigenvalue weighted by Crippen LogP contribution is -2.39. The Hall–Kier alpha value is -0.580. The van der Waals surface area contributed by atoms with Gasteiger partial charge < -0.3 is 14.8 Å². The highest BCUT2D eigenvalue weighted by Crippen LogP contribution is 2.36. The molecule has 0 bridgehead atoms. The Bertz CT molecular complexity index is 391. The van der Waals surface area contributed by atoms with Crippen LogP contribution in [-0.4, -0.2) is 25.0 Å². The van der Waals surface area contributed by atoms with E-state index in [2.05, 4.69) is 45.5 Å². The number of anilines is 1. The highest BCUT2D eigenvalue weighted by molar-refractivity contribution is 9.10. The summed E-state index contributed by atoms with van der Waals surface area (Å²) >= 11 is 3.45. The van der Waals surface area contributed by atoms with Gasteiger partial charge in [-0.05, 0) is 37.1 Å². The zero-order valence-corrected chi connectivity index (χ0v) is 11.9. The van der Waals surface area contributed by atoms with Gasteiger partial charge in [-0.3, -0.25) is 0 Å². The molecule has 1 aliphatic carbocycles. The summed E-state index contributed by atoms with van der Waals surface area (Å²) in [4.78, 5) is 0. The molecule has 1 aliphatic heterocycles. The van der Waals surface area contributed by atoms with Crippen LogP contribution in [0.25, 0.3) is 0 Å². The molecule has 1 saturated heterocycles. The summed E-state index contributed by atoms with van der Waals surface area (Å²) in [5.41, 5.74) is 1.19. The highest BCUT2D eigenvalue weighted by atomic mass is 79.9. The van der Waals surface area contributed by atoms with Crippen LogP contribution in [0.1, 0.15) is 25.7 Å². The van der Waals surface area contributed by atoms with Gasteiger partial charge in [0.05, 0.1) is 13.2 Å². The summed E-state index contributed by atoms with van der Waals surface area (Å²) < 4.78 is 12.6. The second-order valence-corrected chi connectivity index (χ2v) is 5.95. The number of hydrogen-bond donors (Lipinski definition) is 1. The van der Waals surface area contributed by atoms with Gasteiger partial charge in [-0.2, -0.15) is 0 Å². The minimum absolute atomic E-state index is 0.252. The smallest absolute Gasteiger partial charge is 0.168 e. The summed E-state index contributed by atoms with van der Waals surface area (Å²) in [7, 11) is 0. The third-order valence-electron chi connectivity index (χ3n) is 3.78. The number of benzene rings is 1. The molecule has 18 heavy (non-hydrogen) atoms. The summed E-state index contributed by atoms with van der Waals surface area (Å²) in [5, 5.41) is 3.58. The van der Waals surface area contributed by atoms with Crippen molar-refractivity contribution < 1.29 is 9.47 Å². The van der Waals surface area contributed by atoms with Gasteiger partial charge in [0.15, 0.2) is 5.79 Å². The van der Waals surface area contributed by atoms with Crippen molar-refractivity contribution in [3.8, 4) is 0 Å². The van der Waals surface area contributed by atoms with Gasteiger partial charge in [-0.25, -0.2) is 0 Å². The molecule has 2 aliphatic rings. The largest absolute Gasteiger partial charge is 0.382 e. The maximum Gasteiger partial charge on any atom is 0.168 e. The van der Waals surface area contributed by atoms with Crippen molar-refractivity contribution in [2.24, 2.45) is 0 Å². The predicted octanol–water partition coefficient (Wildman–Crippen LogP) is 3.55. The Morgan fingerprint density at radius 1 is 1.06 bits per heavy atom. The quantitative estimate of drug-likeness (QED) is 0.906. The normalized spacial score (nSPS) is 23.4. The molecule has 0 unspecified atom stereocenters. The third kappa shape index (κ3) is 2.71. The summed E-state index contributed by atoms with van der Waals surface area (Å²) in [6, 6.07) is 8.88. The van der Waals surface area contributed by atoms with E-state index in [0.29, 0.717) is 6.04 Å². The molecule has 1 saturated carbocycles. The van der Waals surface area contributed by atoms with Crippen LogP contribution in [0.2, 0.25) is 0 Å². The van der Waals surface area contributed by atoms with Crippen LogP contribution in [-0.2, 0) is 9.47 Å². The van der Waals surface area contributed by atoms with Gasteiger partial charge in [-0.1, -0.05) is 15.9 Å². The molecule has 0 amide bonds. The van der Waals surface area contributed by atoms with Crippen LogP contribution >= 0.6 is 15.9 Å². The van der Waals surface area contributed by atoms with Crippen LogP contribution in [0.5, 0.6) is 0 Å². The third-order valence-corrected chi connectivity index (χ3v) is 4.30. The molecule has 1 N–H and O–H groups in total. The minimum atomic E-state index is -0.252. The maximum atomic E-state index is 5.74.